The summed E-state index contributed by atoms with van der Waals surface area (Å²) in [7, 11) is -4.45. The molecule has 2 rings (SSSR count). The van der Waals surface area contributed by atoms with E-state index in [1.165, 1.54) is 6.92 Å². The van der Waals surface area contributed by atoms with Crippen molar-refractivity contribution in [2.24, 2.45) is 0 Å². The molecule has 0 fully saturated rings. The molecule has 156 valence electrons. The van der Waals surface area contributed by atoms with Gasteiger partial charge in [-0.3, -0.25) is 4.57 Å². The van der Waals surface area contributed by atoms with E-state index < -0.39 is 33.5 Å². The Balaban J connectivity index is 2.26. The summed E-state index contributed by atoms with van der Waals surface area (Å²) in [5.41, 5.74) is 1.44. The highest BCUT2D eigenvalue weighted by molar-refractivity contribution is 7.57. The van der Waals surface area contributed by atoms with Gasteiger partial charge in [-0.1, -0.05) is 36.4 Å². The van der Waals surface area contributed by atoms with Gasteiger partial charge in [-0.2, -0.15) is 0 Å². The largest absolute Gasteiger partial charge is 0.444 e. The highest BCUT2D eigenvalue weighted by atomic mass is 31.2. The maximum absolute atomic E-state index is 12.9. The summed E-state index contributed by atoms with van der Waals surface area (Å²) in [5, 5.41) is 2.42. The SMILES string of the molecule is C[C@H](NC(=O)OC(C)(C)C)P(=O)(O)Cc1cc(-c2ccccc2)ccc1OP=O. The molecule has 2 aromatic rings. The third-order valence-electron chi connectivity index (χ3n) is 4.03. The molecule has 7 nitrogen and oxygen atoms in total. The zero-order valence-electron chi connectivity index (χ0n) is 16.8. The van der Waals surface area contributed by atoms with Crippen LogP contribution < -0.4 is 9.84 Å². The normalized spacial score (nSPS) is 14.7. The van der Waals surface area contributed by atoms with E-state index in [4.69, 9.17) is 9.26 Å². The lowest BCUT2D eigenvalue weighted by Crippen LogP contribution is -2.37. The van der Waals surface area contributed by atoms with Crippen molar-refractivity contribution in [3.8, 4) is 16.9 Å². The fourth-order valence-electron chi connectivity index (χ4n) is 2.60. The van der Waals surface area contributed by atoms with Crippen molar-refractivity contribution in [3.63, 3.8) is 0 Å². The van der Waals surface area contributed by atoms with Crippen LogP contribution >= 0.6 is 16.1 Å². The van der Waals surface area contributed by atoms with E-state index in [-0.39, 0.29) is 11.9 Å². The molecule has 0 saturated carbocycles. The number of rotatable bonds is 7. The first-order valence-corrected chi connectivity index (χ1v) is 11.7. The molecule has 0 bridgehead atoms. The lowest BCUT2D eigenvalue weighted by molar-refractivity contribution is 0.0520. The zero-order chi connectivity index (χ0) is 21.7. The predicted octanol–water partition coefficient (Wildman–Crippen LogP) is 5.58. The maximum atomic E-state index is 12.9. The number of ether oxygens (including phenoxy) is 1. The minimum Gasteiger partial charge on any atom is -0.444 e. The van der Waals surface area contributed by atoms with Crippen molar-refractivity contribution in [3.05, 3.63) is 54.1 Å². The summed E-state index contributed by atoms with van der Waals surface area (Å²) in [6.45, 7) is 6.56. The van der Waals surface area contributed by atoms with Crippen molar-refractivity contribution < 1.29 is 28.1 Å². The van der Waals surface area contributed by atoms with Gasteiger partial charge in [0.15, 0.2) is 0 Å². The Bertz CT molecular complexity index is 911. The number of hydrogen-bond donors (Lipinski definition) is 2. The molecular weight excluding hydrogens is 412 g/mol. The van der Waals surface area contributed by atoms with Gasteiger partial charge >= 0.3 is 14.8 Å². The number of carbonyl (C=O) groups excluding carboxylic acids is 1. The molecule has 0 aliphatic carbocycles. The van der Waals surface area contributed by atoms with E-state index in [9.17, 15) is 18.8 Å². The highest BCUT2D eigenvalue weighted by Gasteiger charge is 2.31. The topological polar surface area (TPSA) is 102 Å². The fourth-order valence-corrected chi connectivity index (χ4v) is 4.18. The van der Waals surface area contributed by atoms with Crippen LogP contribution in [0.3, 0.4) is 0 Å². The van der Waals surface area contributed by atoms with Gasteiger partial charge in [-0.25, -0.2) is 9.36 Å². The average molecular weight is 437 g/mol. The third-order valence-corrected chi connectivity index (χ3v) is 6.44. The molecular formula is C20H25NO6P2. The Kier molecular flexibility index (Phi) is 7.59. The standard InChI is InChI=1S/C20H25NO6P2/c1-14(21-19(22)26-20(2,3)4)29(24,25)13-17-12-16(10-11-18(17)27-28-23)15-8-6-5-7-9-15/h5-12,14H,13H2,1-4H3,(H,21,22)(H,24,25)/t14-/m1/s1. The number of hydrogen-bond acceptors (Lipinski definition) is 5. The number of benzene rings is 2. The smallest absolute Gasteiger partial charge is 0.408 e. The van der Waals surface area contributed by atoms with Crippen LogP contribution in [0.5, 0.6) is 5.75 Å². The summed E-state index contributed by atoms with van der Waals surface area (Å²) in [5.74, 6) is -0.810. The van der Waals surface area contributed by atoms with Crippen molar-refractivity contribution in [2.45, 2.75) is 45.2 Å². The average Bonchev–Trinajstić information content (AvgIpc) is 2.62. The van der Waals surface area contributed by atoms with Gasteiger partial charge in [-0.05, 0) is 51.0 Å². The predicted molar refractivity (Wildman–Crippen MR) is 112 cm³/mol. The van der Waals surface area contributed by atoms with Gasteiger partial charge < -0.3 is 19.5 Å². The minimum atomic E-state index is -3.88. The van der Waals surface area contributed by atoms with E-state index in [1.807, 2.05) is 30.3 Å². The molecule has 0 saturated heterocycles. The van der Waals surface area contributed by atoms with Crippen LogP contribution in [0.25, 0.3) is 11.1 Å². The second-order valence-corrected chi connectivity index (χ2v) is 10.5. The van der Waals surface area contributed by atoms with Gasteiger partial charge in [0, 0.05) is 5.56 Å². The van der Waals surface area contributed by atoms with Gasteiger partial charge in [0.1, 0.15) is 17.1 Å². The zero-order valence-corrected chi connectivity index (χ0v) is 18.6. The molecule has 0 aromatic heterocycles. The second kappa shape index (κ2) is 9.53. The Morgan fingerprint density at radius 3 is 2.41 bits per heavy atom. The second-order valence-electron chi connectivity index (χ2n) is 7.59. The van der Waals surface area contributed by atoms with Crippen LogP contribution in [0.15, 0.2) is 48.5 Å². The minimum absolute atomic E-state index is 0.236. The number of alkyl carbamates (subject to hydrolysis) is 1. The van der Waals surface area contributed by atoms with Crippen molar-refractivity contribution >= 4 is 22.1 Å². The molecule has 2 N–H and O–H groups in total. The lowest BCUT2D eigenvalue weighted by Gasteiger charge is -2.24. The molecule has 0 radical (unpaired) electrons. The van der Waals surface area contributed by atoms with E-state index >= 15 is 0 Å². The van der Waals surface area contributed by atoms with Crippen LogP contribution in [-0.2, 0) is 20.0 Å². The Labute approximate surface area is 172 Å². The molecule has 0 aliphatic rings. The van der Waals surface area contributed by atoms with Gasteiger partial charge in [0.2, 0.25) is 7.37 Å². The number of amides is 1. The molecule has 0 heterocycles. The van der Waals surface area contributed by atoms with E-state index in [0.717, 1.165) is 11.1 Å². The van der Waals surface area contributed by atoms with Gasteiger partial charge in [0.25, 0.3) is 0 Å². The van der Waals surface area contributed by atoms with Crippen molar-refractivity contribution in [1.82, 2.24) is 5.32 Å². The monoisotopic (exact) mass is 437 g/mol. The quantitative estimate of drug-likeness (QED) is 0.549. The molecule has 1 unspecified atom stereocenters. The molecule has 29 heavy (non-hydrogen) atoms. The summed E-state index contributed by atoms with van der Waals surface area (Å²) < 4.78 is 34.1. The van der Waals surface area contributed by atoms with Crippen LogP contribution in [0.4, 0.5) is 4.79 Å². The summed E-state index contributed by atoms with van der Waals surface area (Å²) >= 11 is 0. The van der Waals surface area contributed by atoms with Crippen LogP contribution in [0, 0.1) is 0 Å². The van der Waals surface area contributed by atoms with Crippen molar-refractivity contribution in [1.29, 1.82) is 0 Å². The lowest BCUT2D eigenvalue weighted by atomic mass is 10.0. The van der Waals surface area contributed by atoms with Crippen LogP contribution in [0.2, 0.25) is 0 Å². The molecule has 9 heteroatoms. The molecule has 1 amide bonds. The highest BCUT2D eigenvalue weighted by Crippen LogP contribution is 2.50. The van der Waals surface area contributed by atoms with Gasteiger partial charge in [-0.15, -0.1) is 0 Å². The fraction of sp³-hybridized carbons (Fsp3) is 0.350. The molecule has 0 spiro atoms. The van der Waals surface area contributed by atoms with Crippen LogP contribution in [0.1, 0.15) is 33.3 Å². The Morgan fingerprint density at radius 1 is 1.17 bits per heavy atom. The van der Waals surface area contributed by atoms with E-state index in [1.54, 1.807) is 39.0 Å². The van der Waals surface area contributed by atoms with E-state index in [0.29, 0.717) is 5.56 Å². The van der Waals surface area contributed by atoms with E-state index in [2.05, 4.69) is 5.32 Å². The summed E-state index contributed by atoms with van der Waals surface area (Å²) in [6.07, 6.45) is -1.04. The Morgan fingerprint density at radius 2 is 1.83 bits per heavy atom. The number of nitrogens with one attached hydrogen (secondary N) is 1. The van der Waals surface area contributed by atoms with Crippen LogP contribution in [-0.4, -0.2) is 22.4 Å². The van der Waals surface area contributed by atoms with Gasteiger partial charge in [0.05, 0.1) is 6.16 Å². The third kappa shape index (κ3) is 6.97. The summed E-state index contributed by atoms with van der Waals surface area (Å²) in [6, 6.07) is 14.6. The first kappa shape index (κ1) is 23.1. The molecule has 0 aliphatic heterocycles. The molecule has 2 aromatic carbocycles. The van der Waals surface area contributed by atoms with Crippen molar-refractivity contribution in [2.75, 3.05) is 0 Å². The Hall–Kier alpha value is -2.20. The summed E-state index contributed by atoms with van der Waals surface area (Å²) in [4.78, 5) is 22.5. The first-order chi connectivity index (χ1) is 13.5. The molecule has 2 atom stereocenters. The first-order valence-electron chi connectivity index (χ1n) is 9.01. The number of carbonyl (C=O) groups is 1. The maximum Gasteiger partial charge on any atom is 0.408 e.